The zero-order chi connectivity index (χ0) is 24.0. The Bertz CT molecular complexity index is 1560. The average Bonchev–Trinajstić information content (AvgIpc) is 2.82. The summed E-state index contributed by atoms with van der Waals surface area (Å²) in [6.45, 7) is 3.00. The van der Waals surface area contributed by atoms with Gasteiger partial charge in [0.2, 0.25) is 11.8 Å². The summed E-state index contributed by atoms with van der Waals surface area (Å²) in [7, 11) is -3.37. The molecular formula is C23H21FN6O3S. The van der Waals surface area contributed by atoms with Gasteiger partial charge in [-0.2, -0.15) is 0 Å². The molecule has 34 heavy (non-hydrogen) atoms. The lowest BCUT2D eigenvalue weighted by atomic mass is 9.98. The molecule has 0 bridgehead atoms. The fraction of sp³-hybridized carbons (Fsp3) is 0.174. The molecule has 0 aliphatic carbocycles. The molecule has 0 amide bonds. The second-order valence-corrected chi connectivity index (χ2v) is 9.97. The lowest BCUT2D eigenvalue weighted by Crippen LogP contribution is -2.20. The van der Waals surface area contributed by atoms with Gasteiger partial charge in [-0.25, -0.2) is 27.8 Å². The van der Waals surface area contributed by atoms with Crippen molar-refractivity contribution in [3.8, 4) is 17.0 Å². The highest BCUT2D eigenvalue weighted by molar-refractivity contribution is 7.90. The van der Waals surface area contributed by atoms with E-state index in [1.54, 1.807) is 24.4 Å². The SMILES string of the molecule is Cc1c(-c2cc3nc(Nc4cccc(S(C)(=O)=O)c4)ncc3c(N)c2F)cnc2c1NCCO2. The third-order valence-corrected chi connectivity index (χ3v) is 6.73. The average molecular weight is 481 g/mol. The first-order chi connectivity index (χ1) is 16.2. The van der Waals surface area contributed by atoms with E-state index in [0.29, 0.717) is 41.2 Å². The molecule has 4 N–H and O–H groups in total. The van der Waals surface area contributed by atoms with Gasteiger partial charge in [-0.15, -0.1) is 0 Å². The Balaban J connectivity index is 1.58. The van der Waals surface area contributed by atoms with Gasteiger partial charge >= 0.3 is 0 Å². The maximum atomic E-state index is 15.3. The Morgan fingerprint density at radius 3 is 2.79 bits per heavy atom. The van der Waals surface area contributed by atoms with Crippen molar-refractivity contribution < 1.29 is 17.5 Å². The van der Waals surface area contributed by atoms with Crippen LogP contribution in [0, 0.1) is 12.7 Å². The molecule has 0 spiro atoms. The van der Waals surface area contributed by atoms with Crippen LogP contribution < -0.4 is 21.1 Å². The van der Waals surface area contributed by atoms with E-state index in [1.807, 2.05) is 6.92 Å². The quantitative estimate of drug-likeness (QED) is 0.374. The number of hydrogen-bond acceptors (Lipinski definition) is 9. The molecule has 11 heteroatoms. The fourth-order valence-corrected chi connectivity index (χ4v) is 4.53. The lowest BCUT2D eigenvalue weighted by Gasteiger charge is -2.22. The molecule has 0 fully saturated rings. The van der Waals surface area contributed by atoms with Crippen LogP contribution in [0.1, 0.15) is 5.56 Å². The van der Waals surface area contributed by atoms with Gasteiger partial charge in [0.15, 0.2) is 15.7 Å². The van der Waals surface area contributed by atoms with Crippen molar-refractivity contribution in [2.24, 2.45) is 0 Å². The highest BCUT2D eigenvalue weighted by atomic mass is 32.2. The van der Waals surface area contributed by atoms with E-state index >= 15 is 4.39 Å². The normalized spacial score (nSPS) is 13.1. The molecule has 2 aromatic carbocycles. The molecule has 0 atom stereocenters. The summed E-state index contributed by atoms with van der Waals surface area (Å²) in [5, 5.41) is 6.60. The molecule has 174 valence electrons. The van der Waals surface area contributed by atoms with Crippen LogP contribution in [-0.2, 0) is 9.84 Å². The van der Waals surface area contributed by atoms with Gasteiger partial charge in [0.1, 0.15) is 12.3 Å². The van der Waals surface area contributed by atoms with Gasteiger partial charge in [-0.05, 0) is 36.8 Å². The molecule has 0 radical (unpaired) electrons. The first-order valence-corrected chi connectivity index (χ1v) is 12.3. The summed E-state index contributed by atoms with van der Waals surface area (Å²) in [6, 6.07) is 7.91. The van der Waals surface area contributed by atoms with Crippen molar-refractivity contribution in [2.45, 2.75) is 11.8 Å². The molecule has 5 rings (SSSR count). The van der Waals surface area contributed by atoms with Crippen LogP contribution in [0.15, 0.2) is 47.6 Å². The summed E-state index contributed by atoms with van der Waals surface area (Å²) in [6.07, 6.45) is 4.12. The number of aromatic nitrogens is 3. The molecule has 0 saturated carbocycles. The summed E-state index contributed by atoms with van der Waals surface area (Å²) >= 11 is 0. The summed E-state index contributed by atoms with van der Waals surface area (Å²) in [5.74, 6) is 0.108. The van der Waals surface area contributed by atoms with Gasteiger partial charge < -0.3 is 21.1 Å². The van der Waals surface area contributed by atoms with E-state index in [-0.39, 0.29) is 22.1 Å². The predicted molar refractivity (Wildman–Crippen MR) is 129 cm³/mol. The molecule has 9 nitrogen and oxygen atoms in total. The Morgan fingerprint density at radius 2 is 2.00 bits per heavy atom. The fourth-order valence-electron chi connectivity index (χ4n) is 3.86. The molecule has 4 aromatic rings. The van der Waals surface area contributed by atoms with Gasteiger partial charge in [-0.1, -0.05) is 6.07 Å². The van der Waals surface area contributed by atoms with Crippen molar-refractivity contribution in [1.82, 2.24) is 15.0 Å². The number of ether oxygens (including phenoxy) is 1. The van der Waals surface area contributed by atoms with Crippen LogP contribution in [0.2, 0.25) is 0 Å². The first kappa shape index (κ1) is 21.8. The number of anilines is 4. The van der Waals surface area contributed by atoms with Crippen LogP contribution in [0.3, 0.4) is 0 Å². The van der Waals surface area contributed by atoms with Crippen molar-refractivity contribution in [1.29, 1.82) is 0 Å². The van der Waals surface area contributed by atoms with Crippen LogP contribution in [-0.4, -0.2) is 42.8 Å². The van der Waals surface area contributed by atoms with Crippen LogP contribution in [0.5, 0.6) is 5.88 Å². The molecule has 2 aromatic heterocycles. The summed E-state index contributed by atoms with van der Waals surface area (Å²) < 4.78 is 44.6. The maximum absolute atomic E-state index is 15.3. The molecule has 0 saturated heterocycles. The Hall–Kier alpha value is -3.99. The monoisotopic (exact) mass is 480 g/mol. The number of rotatable bonds is 4. The molecule has 3 heterocycles. The number of benzene rings is 2. The number of hydrogen-bond donors (Lipinski definition) is 3. The number of nitrogen functional groups attached to an aromatic ring is 1. The minimum Gasteiger partial charge on any atom is -0.474 e. The second kappa shape index (κ2) is 8.10. The van der Waals surface area contributed by atoms with E-state index in [2.05, 4.69) is 25.6 Å². The number of pyridine rings is 1. The van der Waals surface area contributed by atoms with Crippen molar-refractivity contribution in [3.63, 3.8) is 0 Å². The standard InChI is InChI=1S/C23H21FN6O3S/c1-12-16(10-27-22-21(12)26-6-7-33-22)15-9-18-17(20(25)19(15)24)11-28-23(30-18)29-13-4-3-5-14(8-13)34(2,31)32/h3-5,8-11,26H,6-7,25H2,1-2H3,(H,28,29,30). The number of sulfone groups is 1. The molecule has 0 unspecified atom stereocenters. The first-order valence-electron chi connectivity index (χ1n) is 10.4. The molecule has 1 aliphatic heterocycles. The topological polar surface area (TPSA) is 132 Å². The molecule has 1 aliphatic rings. The second-order valence-electron chi connectivity index (χ2n) is 7.96. The van der Waals surface area contributed by atoms with E-state index in [0.717, 1.165) is 17.5 Å². The van der Waals surface area contributed by atoms with Gasteiger partial charge in [-0.3, -0.25) is 0 Å². The van der Waals surface area contributed by atoms with Gasteiger partial charge in [0.25, 0.3) is 0 Å². The van der Waals surface area contributed by atoms with Gasteiger partial charge in [0, 0.05) is 47.4 Å². The van der Waals surface area contributed by atoms with E-state index < -0.39 is 15.7 Å². The Kier molecular flexibility index (Phi) is 5.20. The number of fused-ring (bicyclic) bond motifs is 2. The van der Waals surface area contributed by atoms with Gasteiger partial charge in [0.05, 0.1) is 16.1 Å². The van der Waals surface area contributed by atoms with Crippen molar-refractivity contribution in [2.75, 3.05) is 35.8 Å². The van der Waals surface area contributed by atoms with E-state index in [4.69, 9.17) is 10.5 Å². The third kappa shape index (κ3) is 3.83. The summed E-state index contributed by atoms with van der Waals surface area (Å²) in [5.41, 5.74) is 9.29. The Labute approximate surface area is 195 Å². The van der Waals surface area contributed by atoms with Crippen molar-refractivity contribution in [3.05, 3.63) is 54.1 Å². The predicted octanol–water partition coefficient (Wildman–Crippen LogP) is 3.67. The van der Waals surface area contributed by atoms with Crippen molar-refractivity contribution >= 4 is 43.8 Å². The highest BCUT2D eigenvalue weighted by Crippen LogP contribution is 2.39. The maximum Gasteiger partial charge on any atom is 0.237 e. The lowest BCUT2D eigenvalue weighted by molar-refractivity contribution is 0.310. The zero-order valence-corrected chi connectivity index (χ0v) is 19.2. The highest BCUT2D eigenvalue weighted by Gasteiger charge is 2.21. The number of nitrogens with one attached hydrogen (secondary N) is 2. The van der Waals surface area contributed by atoms with Crippen LogP contribution >= 0.6 is 0 Å². The largest absolute Gasteiger partial charge is 0.474 e. The molecular weight excluding hydrogens is 459 g/mol. The minimum atomic E-state index is -3.37. The van der Waals surface area contributed by atoms with Crippen LogP contribution in [0.25, 0.3) is 22.0 Å². The number of nitrogens with zero attached hydrogens (tertiary/aromatic N) is 3. The van der Waals surface area contributed by atoms with E-state index in [9.17, 15) is 8.42 Å². The number of nitrogens with two attached hydrogens (primary N) is 1. The zero-order valence-electron chi connectivity index (χ0n) is 18.4. The van der Waals surface area contributed by atoms with E-state index in [1.165, 1.54) is 18.3 Å². The number of halogens is 1. The summed E-state index contributed by atoms with van der Waals surface area (Å²) in [4.78, 5) is 13.2. The Morgan fingerprint density at radius 1 is 1.18 bits per heavy atom. The third-order valence-electron chi connectivity index (χ3n) is 5.62. The minimum absolute atomic E-state index is 0.0700. The van der Waals surface area contributed by atoms with Crippen LogP contribution in [0.4, 0.5) is 27.4 Å². The smallest absolute Gasteiger partial charge is 0.237 e.